The second kappa shape index (κ2) is 7.97. The van der Waals surface area contributed by atoms with Crippen LogP contribution in [0.5, 0.6) is 0 Å². The van der Waals surface area contributed by atoms with Crippen molar-refractivity contribution in [3.63, 3.8) is 0 Å². The lowest BCUT2D eigenvalue weighted by molar-refractivity contribution is 0.772. The second-order valence-corrected chi connectivity index (χ2v) is 7.29. The number of rotatable bonds is 4. The zero-order valence-corrected chi connectivity index (χ0v) is 17.2. The molecule has 2 heterocycles. The van der Waals surface area contributed by atoms with Gasteiger partial charge in [-0.3, -0.25) is 14.3 Å². The van der Waals surface area contributed by atoms with Gasteiger partial charge in [0.05, 0.1) is 23.0 Å². The van der Waals surface area contributed by atoms with Gasteiger partial charge in [0.2, 0.25) is 5.69 Å². The number of aromatic nitrogens is 3. The molecule has 0 saturated heterocycles. The number of benzene rings is 2. The van der Waals surface area contributed by atoms with E-state index in [0.29, 0.717) is 27.7 Å². The van der Waals surface area contributed by atoms with Crippen molar-refractivity contribution in [3.8, 4) is 5.69 Å². The van der Waals surface area contributed by atoms with E-state index >= 15 is 0 Å². The van der Waals surface area contributed by atoms with Crippen molar-refractivity contribution in [1.82, 2.24) is 14.5 Å². The van der Waals surface area contributed by atoms with E-state index in [2.05, 4.69) is 20.1 Å². The van der Waals surface area contributed by atoms with E-state index in [0.717, 1.165) is 16.8 Å². The lowest BCUT2D eigenvalue weighted by Gasteiger charge is -2.22. The van der Waals surface area contributed by atoms with Crippen LogP contribution in [0.1, 0.15) is 24.5 Å². The Labute approximate surface area is 178 Å². The van der Waals surface area contributed by atoms with Crippen LogP contribution in [0.15, 0.2) is 65.6 Å². The monoisotopic (exact) mass is 415 g/mol. The average molecular weight is 416 g/mol. The molecule has 1 atom stereocenters. The molecule has 30 heavy (non-hydrogen) atoms. The fraction of sp³-hybridized carbons (Fsp3) is 0.130. The summed E-state index contributed by atoms with van der Waals surface area (Å²) in [5.74, 6) is 0.992. The van der Waals surface area contributed by atoms with Gasteiger partial charge in [0.1, 0.15) is 11.6 Å². The molecule has 0 amide bonds. The molecule has 0 aliphatic heterocycles. The van der Waals surface area contributed by atoms with E-state index in [4.69, 9.17) is 18.2 Å². The molecule has 4 rings (SSSR count). The molecule has 2 aromatic carbocycles. The predicted octanol–water partition coefficient (Wildman–Crippen LogP) is 5.47. The van der Waals surface area contributed by atoms with E-state index in [1.807, 2.05) is 55.5 Å². The van der Waals surface area contributed by atoms with E-state index in [1.165, 1.54) is 6.20 Å². The number of nitrogens with one attached hydrogen (secondary N) is 1. The van der Waals surface area contributed by atoms with Crippen LogP contribution in [0, 0.1) is 13.5 Å². The molecule has 6 nitrogen and oxygen atoms in total. The van der Waals surface area contributed by atoms with E-state index in [-0.39, 0.29) is 11.6 Å². The van der Waals surface area contributed by atoms with Crippen molar-refractivity contribution >= 4 is 33.9 Å². The normalized spacial score (nSPS) is 11.8. The van der Waals surface area contributed by atoms with Crippen LogP contribution in [-0.4, -0.2) is 14.5 Å². The molecule has 0 bridgehead atoms. The Kier molecular flexibility index (Phi) is 5.21. The number of halogens is 1. The largest absolute Gasteiger partial charge is 0.371 e. The maximum atomic E-state index is 13.5. The van der Waals surface area contributed by atoms with Crippen LogP contribution in [0.25, 0.3) is 21.3 Å². The minimum absolute atomic E-state index is 0.197. The maximum Gasteiger partial charge on any atom is 0.264 e. The summed E-state index contributed by atoms with van der Waals surface area (Å²) in [6, 6.07) is 16.4. The number of hydrogen-bond acceptors (Lipinski definition) is 4. The number of aryl methyl sites for hydroxylation is 1. The SMILES string of the molecule is [C-]#[N+]c1cnc(C)nc1N[C@@H](C)c1cc2cccc(Cl)c2c(=O)n1-c1ccccc1. The molecule has 7 heteroatoms. The Morgan fingerprint density at radius 1 is 1.17 bits per heavy atom. The van der Waals surface area contributed by atoms with Crippen molar-refractivity contribution in [2.45, 2.75) is 19.9 Å². The molecule has 2 aromatic heterocycles. The summed E-state index contributed by atoms with van der Waals surface area (Å²) in [5, 5.41) is 4.92. The summed E-state index contributed by atoms with van der Waals surface area (Å²) in [6.45, 7) is 11.1. The Bertz CT molecular complexity index is 1340. The molecule has 0 unspecified atom stereocenters. The van der Waals surface area contributed by atoms with Crippen molar-refractivity contribution < 1.29 is 0 Å². The zero-order valence-electron chi connectivity index (χ0n) is 16.4. The van der Waals surface area contributed by atoms with Gasteiger partial charge in [-0.2, -0.15) is 0 Å². The van der Waals surface area contributed by atoms with E-state index in [1.54, 1.807) is 17.6 Å². The minimum Gasteiger partial charge on any atom is -0.371 e. The minimum atomic E-state index is -0.323. The van der Waals surface area contributed by atoms with Crippen molar-refractivity contribution in [3.05, 3.63) is 99.1 Å². The first-order chi connectivity index (χ1) is 14.5. The summed E-state index contributed by atoms with van der Waals surface area (Å²) in [4.78, 5) is 25.4. The van der Waals surface area contributed by atoms with Gasteiger partial charge in [0.25, 0.3) is 5.56 Å². The van der Waals surface area contributed by atoms with Gasteiger partial charge in [0, 0.05) is 17.6 Å². The van der Waals surface area contributed by atoms with Gasteiger partial charge in [-0.15, -0.1) is 0 Å². The van der Waals surface area contributed by atoms with Gasteiger partial charge in [-0.25, -0.2) is 9.83 Å². The highest BCUT2D eigenvalue weighted by Gasteiger charge is 2.19. The molecule has 1 N–H and O–H groups in total. The van der Waals surface area contributed by atoms with Gasteiger partial charge in [-0.1, -0.05) is 41.9 Å². The summed E-state index contributed by atoms with van der Waals surface area (Å²) in [5.41, 5.74) is 1.59. The number of anilines is 1. The van der Waals surface area contributed by atoms with Crippen LogP contribution < -0.4 is 10.9 Å². The first-order valence-corrected chi connectivity index (χ1v) is 9.74. The Balaban J connectivity index is 1.93. The molecule has 0 radical (unpaired) electrons. The van der Waals surface area contributed by atoms with Crippen LogP contribution in [0.3, 0.4) is 0 Å². The predicted molar refractivity (Wildman–Crippen MR) is 120 cm³/mol. The lowest BCUT2D eigenvalue weighted by Crippen LogP contribution is -2.25. The van der Waals surface area contributed by atoms with Crippen LogP contribution in [-0.2, 0) is 0 Å². The molecular weight excluding hydrogens is 398 g/mol. The van der Waals surface area contributed by atoms with Crippen molar-refractivity contribution in [2.24, 2.45) is 0 Å². The molecule has 0 saturated carbocycles. The number of fused-ring (bicyclic) bond motifs is 1. The Hall–Kier alpha value is -3.69. The van der Waals surface area contributed by atoms with Crippen LogP contribution in [0.2, 0.25) is 5.02 Å². The summed E-state index contributed by atoms with van der Waals surface area (Å²) >= 11 is 6.36. The number of hydrogen-bond donors (Lipinski definition) is 1. The fourth-order valence-corrected chi connectivity index (χ4v) is 3.70. The van der Waals surface area contributed by atoms with E-state index < -0.39 is 0 Å². The summed E-state index contributed by atoms with van der Waals surface area (Å²) in [6.07, 6.45) is 1.49. The number of para-hydroxylation sites is 1. The third-order valence-corrected chi connectivity index (χ3v) is 5.16. The smallest absolute Gasteiger partial charge is 0.264 e. The molecule has 0 fully saturated rings. The first-order valence-electron chi connectivity index (χ1n) is 9.37. The third kappa shape index (κ3) is 3.51. The molecule has 0 spiro atoms. The Morgan fingerprint density at radius 2 is 1.93 bits per heavy atom. The lowest BCUT2D eigenvalue weighted by atomic mass is 10.1. The van der Waals surface area contributed by atoms with Crippen molar-refractivity contribution in [1.29, 1.82) is 0 Å². The fourth-order valence-electron chi connectivity index (χ4n) is 3.43. The van der Waals surface area contributed by atoms with Crippen LogP contribution in [0.4, 0.5) is 11.5 Å². The number of nitrogens with zero attached hydrogens (tertiary/aromatic N) is 4. The molecule has 4 aromatic rings. The van der Waals surface area contributed by atoms with Gasteiger partial charge in [0.15, 0.2) is 0 Å². The standard InChI is InChI=1S/C23H18ClN5O/c1-14(27-22-19(25-3)13-26-15(2)28-22)20-12-16-8-7-11-18(24)21(16)23(30)29(20)17-9-5-4-6-10-17/h4-14H,1-2H3,(H,26,27,28)/t14-/m0/s1. The maximum absolute atomic E-state index is 13.5. The van der Waals surface area contributed by atoms with E-state index in [9.17, 15) is 4.79 Å². The Morgan fingerprint density at radius 3 is 2.67 bits per heavy atom. The van der Waals surface area contributed by atoms with Gasteiger partial charge >= 0.3 is 0 Å². The average Bonchev–Trinajstić information content (AvgIpc) is 2.74. The molecule has 0 aliphatic rings. The van der Waals surface area contributed by atoms with Gasteiger partial charge < -0.3 is 5.32 Å². The molecule has 0 aliphatic carbocycles. The summed E-state index contributed by atoms with van der Waals surface area (Å²) in [7, 11) is 0. The second-order valence-electron chi connectivity index (χ2n) is 6.88. The zero-order chi connectivity index (χ0) is 21.3. The summed E-state index contributed by atoms with van der Waals surface area (Å²) < 4.78 is 1.65. The van der Waals surface area contributed by atoms with Gasteiger partial charge in [-0.05, 0) is 43.5 Å². The highest BCUT2D eigenvalue weighted by atomic mass is 35.5. The third-order valence-electron chi connectivity index (χ3n) is 4.85. The van der Waals surface area contributed by atoms with Crippen LogP contribution >= 0.6 is 11.6 Å². The van der Waals surface area contributed by atoms with Crippen molar-refractivity contribution in [2.75, 3.05) is 5.32 Å². The highest BCUT2D eigenvalue weighted by Crippen LogP contribution is 2.29. The number of pyridine rings is 1. The molecule has 148 valence electrons. The quantitative estimate of drug-likeness (QED) is 0.449. The molecular formula is C23H18ClN5O. The highest BCUT2D eigenvalue weighted by molar-refractivity contribution is 6.35. The topological polar surface area (TPSA) is 64.2 Å². The first kappa shape index (κ1) is 19.6.